The average Bonchev–Trinajstić information content (AvgIpc) is 2.19. The van der Waals surface area contributed by atoms with E-state index in [9.17, 15) is 8.42 Å². The van der Waals surface area contributed by atoms with Crippen LogP contribution in [0.4, 0.5) is 5.69 Å². The second kappa shape index (κ2) is 5.40. The number of benzene rings is 1. The Hall–Kier alpha value is -0.550. The third-order valence-corrected chi connectivity index (χ3v) is 4.91. The highest BCUT2D eigenvalue weighted by Gasteiger charge is 2.28. The van der Waals surface area contributed by atoms with Crippen molar-refractivity contribution >= 4 is 31.6 Å². The number of aryl methyl sites for hydroxylation is 1. The summed E-state index contributed by atoms with van der Waals surface area (Å²) in [7, 11) is -3.34. The molecule has 1 N–H and O–H groups in total. The summed E-state index contributed by atoms with van der Waals surface area (Å²) in [5, 5.41) is 0.903. The molecule has 0 aliphatic heterocycles. The lowest BCUT2D eigenvalue weighted by Crippen LogP contribution is -2.33. The summed E-state index contributed by atoms with van der Waals surface area (Å²) in [5.74, 6) is 0. The molecular formula is C12H18BrNO2S. The molecule has 0 spiro atoms. The van der Waals surface area contributed by atoms with E-state index in [1.54, 1.807) is 32.9 Å². The van der Waals surface area contributed by atoms with Crippen molar-refractivity contribution in [3.8, 4) is 0 Å². The fourth-order valence-corrected chi connectivity index (χ4v) is 2.37. The zero-order chi connectivity index (χ0) is 13.1. The number of anilines is 1. The molecule has 3 nitrogen and oxygen atoms in total. The van der Waals surface area contributed by atoms with E-state index in [2.05, 4.69) is 20.7 Å². The fourth-order valence-electron chi connectivity index (χ4n) is 1.16. The number of hydrogen-bond donors (Lipinski definition) is 1. The fraction of sp³-hybridized carbons (Fsp3) is 0.500. The van der Waals surface area contributed by atoms with Gasteiger partial charge in [-0.25, -0.2) is 8.42 Å². The molecule has 1 rings (SSSR count). The van der Waals surface area contributed by atoms with Crippen LogP contribution in [0.25, 0.3) is 0 Å². The highest BCUT2D eigenvalue weighted by molar-refractivity contribution is 9.09. The Morgan fingerprint density at radius 1 is 1.18 bits per heavy atom. The van der Waals surface area contributed by atoms with Gasteiger partial charge in [-0.3, -0.25) is 4.72 Å². The van der Waals surface area contributed by atoms with Crippen molar-refractivity contribution in [1.82, 2.24) is 0 Å². The predicted molar refractivity (Wildman–Crippen MR) is 76.2 cm³/mol. The molecule has 0 aliphatic rings. The van der Waals surface area contributed by atoms with Crippen LogP contribution in [-0.4, -0.2) is 18.5 Å². The van der Waals surface area contributed by atoms with Gasteiger partial charge in [0.2, 0.25) is 10.0 Å². The average molecular weight is 320 g/mol. The lowest BCUT2D eigenvalue weighted by molar-refractivity contribution is 0.566. The minimum absolute atomic E-state index is 0.609. The van der Waals surface area contributed by atoms with E-state index in [1.807, 2.05) is 12.1 Å². The van der Waals surface area contributed by atoms with Crippen molar-refractivity contribution in [3.05, 3.63) is 29.8 Å². The van der Waals surface area contributed by atoms with Crippen molar-refractivity contribution in [1.29, 1.82) is 0 Å². The van der Waals surface area contributed by atoms with Gasteiger partial charge in [-0.15, -0.1) is 0 Å². The predicted octanol–water partition coefficient (Wildman–Crippen LogP) is 3.16. The molecule has 0 fully saturated rings. The smallest absolute Gasteiger partial charge is 0.237 e. The molecule has 0 saturated heterocycles. The normalized spacial score (nSPS) is 12.5. The van der Waals surface area contributed by atoms with E-state index in [0.29, 0.717) is 5.69 Å². The van der Waals surface area contributed by atoms with E-state index in [0.717, 1.165) is 11.8 Å². The maximum atomic E-state index is 11.9. The number of nitrogens with one attached hydrogen (secondary N) is 1. The summed E-state index contributed by atoms with van der Waals surface area (Å²) in [4.78, 5) is 0. The summed E-state index contributed by atoms with van der Waals surface area (Å²) >= 11 is 3.37. The van der Waals surface area contributed by atoms with Crippen LogP contribution >= 0.6 is 15.9 Å². The van der Waals surface area contributed by atoms with Crippen LogP contribution in [0.1, 0.15) is 26.3 Å². The van der Waals surface area contributed by atoms with Crippen LogP contribution in [-0.2, 0) is 16.4 Å². The van der Waals surface area contributed by atoms with Gasteiger partial charge in [0, 0.05) is 11.0 Å². The Morgan fingerprint density at radius 2 is 1.71 bits per heavy atom. The lowest BCUT2D eigenvalue weighted by Gasteiger charge is -2.20. The minimum Gasteiger partial charge on any atom is -0.283 e. The SMILES string of the molecule is CC(C)(C)S(=O)(=O)Nc1ccc(CCBr)cc1. The van der Waals surface area contributed by atoms with E-state index in [-0.39, 0.29) is 0 Å². The molecule has 0 aromatic heterocycles. The van der Waals surface area contributed by atoms with Crippen LogP contribution in [0.3, 0.4) is 0 Å². The second-order valence-corrected chi connectivity index (χ2v) is 8.08. The molecule has 0 amide bonds. The highest BCUT2D eigenvalue weighted by atomic mass is 79.9. The molecule has 0 radical (unpaired) electrons. The minimum atomic E-state index is -3.34. The Labute approximate surface area is 112 Å². The van der Waals surface area contributed by atoms with E-state index >= 15 is 0 Å². The van der Waals surface area contributed by atoms with E-state index in [1.165, 1.54) is 5.56 Å². The molecule has 0 heterocycles. The molecule has 0 saturated carbocycles. The monoisotopic (exact) mass is 319 g/mol. The largest absolute Gasteiger partial charge is 0.283 e. The number of hydrogen-bond acceptors (Lipinski definition) is 2. The van der Waals surface area contributed by atoms with Crippen LogP contribution in [0.15, 0.2) is 24.3 Å². The summed E-state index contributed by atoms with van der Waals surface area (Å²) in [5.41, 5.74) is 1.79. The maximum absolute atomic E-state index is 11.9. The van der Waals surface area contributed by atoms with E-state index in [4.69, 9.17) is 0 Å². The summed E-state index contributed by atoms with van der Waals surface area (Å²) in [6.07, 6.45) is 0.937. The number of halogens is 1. The third-order valence-electron chi connectivity index (χ3n) is 2.40. The standard InChI is InChI=1S/C12H18BrNO2S/c1-12(2,3)17(15,16)14-11-6-4-10(5-7-11)8-9-13/h4-7,14H,8-9H2,1-3H3. The Kier molecular flexibility index (Phi) is 4.61. The number of sulfonamides is 1. The molecule has 0 bridgehead atoms. The summed E-state index contributed by atoms with van der Waals surface area (Å²) < 4.78 is 25.6. The third kappa shape index (κ3) is 4.00. The Bertz CT molecular complexity index is 460. The zero-order valence-electron chi connectivity index (χ0n) is 10.3. The van der Waals surface area contributed by atoms with Gasteiger partial charge in [0.25, 0.3) is 0 Å². The van der Waals surface area contributed by atoms with Gasteiger partial charge >= 0.3 is 0 Å². The molecule has 0 atom stereocenters. The van der Waals surface area contributed by atoms with Crippen molar-refractivity contribution < 1.29 is 8.42 Å². The van der Waals surface area contributed by atoms with Crippen LogP contribution in [0.2, 0.25) is 0 Å². The Balaban J connectivity index is 2.83. The van der Waals surface area contributed by atoms with Gasteiger partial charge < -0.3 is 0 Å². The van der Waals surface area contributed by atoms with Gasteiger partial charge in [0.05, 0.1) is 4.75 Å². The first kappa shape index (κ1) is 14.5. The van der Waals surface area contributed by atoms with Crippen molar-refractivity contribution in [2.45, 2.75) is 31.9 Å². The highest BCUT2D eigenvalue weighted by Crippen LogP contribution is 2.19. The van der Waals surface area contributed by atoms with E-state index < -0.39 is 14.8 Å². The summed E-state index contributed by atoms with van der Waals surface area (Å²) in [6.45, 7) is 5.03. The van der Waals surface area contributed by atoms with Gasteiger partial charge in [0.1, 0.15) is 0 Å². The Morgan fingerprint density at radius 3 is 2.12 bits per heavy atom. The number of alkyl halides is 1. The molecule has 17 heavy (non-hydrogen) atoms. The molecule has 0 unspecified atom stereocenters. The molecule has 96 valence electrons. The molecule has 0 aliphatic carbocycles. The first-order valence-corrected chi connectivity index (χ1v) is 8.04. The van der Waals surface area contributed by atoms with Crippen LogP contribution in [0, 0.1) is 0 Å². The van der Waals surface area contributed by atoms with Gasteiger partial charge in [-0.2, -0.15) is 0 Å². The lowest BCUT2D eigenvalue weighted by atomic mass is 10.2. The van der Waals surface area contributed by atoms with Crippen LogP contribution in [0.5, 0.6) is 0 Å². The molecular weight excluding hydrogens is 302 g/mol. The molecule has 1 aromatic rings. The first-order chi connectivity index (χ1) is 7.76. The van der Waals surface area contributed by atoms with Crippen molar-refractivity contribution in [2.24, 2.45) is 0 Å². The van der Waals surface area contributed by atoms with Crippen LogP contribution < -0.4 is 4.72 Å². The maximum Gasteiger partial charge on any atom is 0.237 e. The van der Waals surface area contributed by atoms with Crippen molar-refractivity contribution in [2.75, 3.05) is 10.1 Å². The second-order valence-electron chi connectivity index (χ2n) is 4.85. The number of rotatable bonds is 4. The zero-order valence-corrected chi connectivity index (χ0v) is 12.7. The molecule has 5 heteroatoms. The molecule has 1 aromatic carbocycles. The van der Waals surface area contributed by atoms with Gasteiger partial charge in [0.15, 0.2) is 0 Å². The van der Waals surface area contributed by atoms with Gasteiger partial charge in [-0.1, -0.05) is 28.1 Å². The quantitative estimate of drug-likeness (QED) is 0.866. The summed E-state index contributed by atoms with van der Waals surface area (Å²) in [6, 6.07) is 7.45. The van der Waals surface area contributed by atoms with Gasteiger partial charge in [-0.05, 0) is 44.9 Å². The topological polar surface area (TPSA) is 46.2 Å². The first-order valence-electron chi connectivity index (χ1n) is 5.43. The van der Waals surface area contributed by atoms with Crippen molar-refractivity contribution in [3.63, 3.8) is 0 Å².